The first-order valence-electron chi connectivity index (χ1n) is 17.7. The van der Waals surface area contributed by atoms with Crippen molar-refractivity contribution in [2.45, 2.75) is 70.7 Å². The fraction of sp³-hybridized carbons (Fsp3) is 0.410. The molecule has 2 aliphatic carbocycles. The van der Waals surface area contributed by atoms with Crippen molar-refractivity contribution in [3.63, 3.8) is 0 Å². The van der Waals surface area contributed by atoms with E-state index >= 15 is 0 Å². The van der Waals surface area contributed by atoms with Crippen LogP contribution < -0.4 is 20.5 Å². The number of nitrogens with zero attached hydrogens (tertiary/aromatic N) is 3. The molecule has 4 aromatic rings. The van der Waals surface area contributed by atoms with E-state index in [9.17, 15) is 14.0 Å². The second-order valence-electron chi connectivity index (χ2n) is 13.7. The average molecular weight is 751 g/mol. The molecule has 3 aliphatic rings. The predicted octanol–water partition coefficient (Wildman–Crippen LogP) is 7.41. The van der Waals surface area contributed by atoms with Crippen molar-refractivity contribution in [3.8, 4) is 22.6 Å². The number of benzene rings is 3. The van der Waals surface area contributed by atoms with Gasteiger partial charge in [-0.05, 0) is 55.4 Å². The molecule has 13 heteroatoms. The number of nitrogens with one attached hydrogen (secondary N) is 1. The van der Waals surface area contributed by atoms with Crippen molar-refractivity contribution in [2.75, 3.05) is 25.6 Å². The summed E-state index contributed by atoms with van der Waals surface area (Å²) in [5, 5.41) is 3.56. The first kappa shape index (κ1) is 36.2. The van der Waals surface area contributed by atoms with Gasteiger partial charge >= 0.3 is 5.97 Å². The van der Waals surface area contributed by atoms with Gasteiger partial charge in [0.05, 0.1) is 29.4 Å². The molecule has 10 nitrogen and oxygen atoms in total. The normalized spacial score (nSPS) is 17.6. The molecule has 1 saturated carbocycles. The molecule has 1 aliphatic heterocycles. The summed E-state index contributed by atoms with van der Waals surface area (Å²) in [5.74, 6) is -0.311. The van der Waals surface area contributed by atoms with E-state index in [1.165, 1.54) is 13.2 Å². The standard InChI is InChI=1S/C39H42Cl2FN5O5/c1-21(20-51-39(49)22-7-4-8-22)47-16-15-31-30(19-47)44-37(46(31)2)38(48)45-29-12-6-11-26(34(29)40)23-9-5-10-25-24(23)13-14-32(25)52-33-17-28(42)27(18-43)36(50-3)35(33)41/h5-6,9-12,17,21-22,32H,4,7-8,13-16,18-20,43H2,1-3H3,(H,45,48). The number of hydrogen-bond donors (Lipinski definition) is 2. The van der Waals surface area contributed by atoms with E-state index in [1.54, 1.807) is 6.07 Å². The van der Waals surface area contributed by atoms with Gasteiger partial charge < -0.3 is 29.8 Å². The number of esters is 1. The molecule has 2 unspecified atom stereocenters. The van der Waals surface area contributed by atoms with Crippen molar-refractivity contribution in [2.24, 2.45) is 18.7 Å². The molecular formula is C39H42Cl2FN5O5. The fourth-order valence-electron chi connectivity index (χ4n) is 7.46. The Balaban J connectivity index is 1.06. The molecule has 0 radical (unpaired) electrons. The van der Waals surface area contributed by atoms with Crippen LogP contribution in [-0.2, 0) is 42.5 Å². The third kappa shape index (κ3) is 6.75. The van der Waals surface area contributed by atoms with Gasteiger partial charge in [0.1, 0.15) is 35.0 Å². The topological polar surface area (TPSA) is 121 Å². The number of carbonyl (C=O) groups excluding carboxylic acids is 2. The first-order valence-corrected chi connectivity index (χ1v) is 18.4. The zero-order valence-corrected chi connectivity index (χ0v) is 31.0. The highest BCUT2D eigenvalue weighted by atomic mass is 35.5. The van der Waals surface area contributed by atoms with Crippen molar-refractivity contribution in [3.05, 3.63) is 92.2 Å². The molecule has 7 rings (SSSR count). The predicted molar refractivity (Wildman–Crippen MR) is 197 cm³/mol. The Morgan fingerprint density at radius 3 is 2.60 bits per heavy atom. The highest BCUT2D eigenvalue weighted by Crippen LogP contribution is 2.46. The Kier molecular flexibility index (Phi) is 10.5. The minimum atomic E-state index is -0.544. The first-order chi connectivity index (χ1) is 25.1. The van der Waals surface area contributed by atoms with Gasteiger partial charge in [-0.25, -0.2) is 9.37 Å². The number of halogens is 3. The molecular weight excluding hydrogens is 708 g/mol. The molecule has 1 aromatic heterocycles. The number of imidazole rings is 1. The summed E-state index contributed by atoms with van der Waals surface area (Å²) < 4.78 is 33.9. The molecule has 52 heavy (non-hydrogen) atoms. The van der Waals surface area contributed by atoms with Gasteiger partial charge in [-0.2, -0.15) is 0 Å². The lowest BCUT2D eigenvalue weighted by molar-refractivity contribution is -0.153. The maximum Gasteiger partial charge on any atom is 0.308 e. The zero-order chi connectivity index (χ0) is 36.7. The highest BCUT2D eigenvalue weighted by molar-refractivity contribution is 6.36. The van der Waals surface area contributed by atoms with Crippen molar-refractivity contribution >= 4 is 40.8 Å². The maximum absolute atomic E-state index is 14.9. The third-order valence-electron chi connectivity index (χ3n) is 10.7. The van der Waals surface area contributed by atoms with Gasteiger partial charge in [-0.1, -0.05) is 60.0 Å². The number of ether oxygens (including phenoxy) is 3. The SMILES string of the molecule is COc1c(Cl)c(OC2CCc3c(-c4cccc(NC(=O)c5nc6c(n5C)CCN(C(C)COC(=O)C5CCC5)C6)c4Cl)cccc32)cc(F)c1CN. The molecule has 274 valence electrons. The van der Waals surface area contributed by atoms with Crippen LogP contribution in [-0.4, -0.2) is 52.6 Å². The number of rotatable bonds is 11. The maximum atomic E-state index is 14.9. The van der Waals surface area contributed by atoms with E-state index in [0.29, 0.717) is 42.5 Å². The van der Waals surface area contributed by atoms with Crippen molar-refractivity contribution < 1.29 is 28.2 Å². The summed E-state index contributed by atoms with van der Waals surface area (Å²) in [6, 6.07) is 12.7. The minimum absolute atomic E-state index is 0.0338. The average Bonchev–Trinajstić information content (AvgIpc) is 3.68. The van der Waals surface area contributed by atoms with E-state index in [4.69, 9.17) is 48.1 Å². The number of aromatic nitrogens is 2. The molecule has 1 amide bonds. The second-order valence-corrected chi connectivity index (χ2v) is 14.5. The molecule has 0 saturated heterocycles. The third-order valence-corrected chi connectivity index (χ3v) is 11.4. The number of hydrogen-bond acceptors (Lipinski definition) is 8. The van der Waals surface area contributed by atoms with Crippen LogP contribution in [0.15, 0.2) is 42.5 Å². The fourth-order valence-corrected chi connectivity index (χ4v) is 8.03. The summed E-state index contributed by atoms with van der Waals surface area (Å²) in [6.07, 6.45) is 4.61. The molecule has 2 atom stereocenters. The van der Waals surface area contributed by atoms with E-state index < -0.39 is 5.82 Å². The number of nitrogens with two attached hydrogens (primary N) is 1. The van der Waals surface area contributed by atoms with E-state index in [1.807, 2.05) is 41.9 Å². The van der Waals surface area contributed by atoms with Gasteiger partial charge in [0, 0.05) is 62.0 Å². The van der Waals surface area contributed by atoms with Crippen LogP contribution in [0.3, 0.4) is 0 Å². The Labute approximate surface area is 312 Å². The van der Waals surface area contributed by atoms with Crippen LogP contribution >= 0.6 is 23.2 Å². The van der Waals surface area contributed by atoms with Crippen molar-refractivity contribution in [1.29, 1.82) is 0 Å². The van der Waals surface area contributed by atoms with Crippen LogP contribution in [0.25, 0.3) is 11.1 Å². The van der Waals surface area contributed by atoms with Crippen LogP contribution in [0, 0.1) is 11.7 Å². The summed E-state index contributed by atoms with van der Waals surface area (Å²) in [4.78, 5) is 32.9. The van der Waals surface area contributed by atoms with Crippen LogP contribution in [0.4, 0.5) is 10.1 Å². The number of amides is 1. The van der Waals surface area contributed by atoms with Gasteiger partial charge in [0.15, 0.2) is 5.82 Å². The van der Waals surface area contributed by atoms with Gasteiger partial charge in [0.25, 0.3) is 5.91 Å². The monoisotopic (exact) mass is 749 g/mol. The van der Waals surface area contributed by atoms with E-state index in [0.717, 1.165) is 65.9 Å². The largest absolute Gasteiger partial charge is 0.495 e. The number of anilines is 1. The Hall–Kier alpha value is -4.16. The van der Waals surface area contributed by atoms with Gasteiger partial charge in [-0.15, -0.1) is 0 Å². The minimum Gasteiger partial charge on any atom is -0.495 e. The lowest BCUT2D eigenvalue weighted by Crippen LogP contribution is -2.41. The van der Waals surface area contributed by atoms with Crippen LogP contribution in [0.1, 0.15) is 77.4 Å². The molecule has 0 bridgehead atoms. The number of carbonyl (C=O) groups is 2. The molecule has 1 fully saturated rings. The Bertz CT molecular complexity index is 2030. The van der Waals surface area contributed by atoms with Crippen LogP contribution in [0.2, 0.25) is 10.0 Å². The lowest BCUT2D eigenvalue weighted by atomic mass is 9.86. The molecule has 2 heterocycles. The lowest BCUT2D eigenvalue weighted by Gasteiger charge is -2.32. The quantitative estimate of drug-likeness (QED) is 0.152. The molecule has 3 N–H and O–H groups in total. The molecule has 3 aromatic carbocycles. The summed E-state index contributed by atoms with van der Waals surface area (Å²) in [5.41, 5.74) is 11.9. The number of fused-ring (bicyclic) bond motifs is 2. The van der Waals surface area contributed by atoms with E-state index in [-0.39, 0.29) is 58.6 Å². The number of methoxy groups -OCH3 is 1. The van der Waals surface area contributed by atoms with Crippen LogP contribution in [0.5, 0.6) is 11.5 Å². The van der Waals surface area contributed by atoms with Crippen molar-refractivity contribution in [1.82, 2.24) is 14.5 Å². The second kappa shape index (κ2) is 15.1. The van der Waals surface area contributed by atoms with E-state index in [2.05, 4.69) is 17.1 Å². The molecule has 0 spiro atoms. The van der Waals surface area contributed by atoms with Gasteiger partial charge in [0.2, 0.25) is 0 Å². The zero-order valence-electron chi connectivity index (χ0n) is 29.4. The summed E-state index contributed by atoms with van der Waals surface area (Å²) in [7, 11) is 3.27. The summed E-state index contributed by atoms with van der Waals surface area (Å²) >= 11 is 13.6. The smallest absolute Gasteiger partial charge is 0.308 e. The summed E-state index contributed by atoms with van der Waals surface area (Å²) in [6.45, 7) is 3.66. The Morgan fingerprint density at radius 1 is 1.10 bits per heavy atom. The van der Waals surface area contributed by atoms with Gasteiger partial charge in [-0.3, -0.25) is 14.5 Å². The highest BCUT2D eigenvalue weighted by Gasteiger charge is 2.32. The Morgan fingerprint density at radius 2 is 1.87 bits per heavy atom.